The third kappa shape index (κ3) is 5.75. The van der Waals surface area contributed by atoms with Crippen molar-refractivity contribution in [2.45, 2.75) is 25.4 Å². The Bertz CT molecular complexity index is 611. The second kappa shape index (κ2) is 11.1. The third-order valence-electron chi connectivity index (χ3n) is 5.29. The van der Waals surface area contributed by atoms with Crippen molar-refractivity contribution in [2.24, 2.45) is 4.99 Å². The first-order chi connectivity index (χ1) is 13.8. The molecule has 7 nitrogen and oxygen atoms in total. The molecule has 3 rings (SSSR count). The van der Waals surface area contributed by atoms with Crippen LogP contribution in [0.1, 0.15) is 19.3 Å². The van der Waals surface area contributed by atoms with E-state index in [1.54, 1.807) is 7.11 Å². The molecule has 28 heavy (non-hydrogen) atoms. The Morgan fingerprint density at radius 2 is 2.07 bits per heavy atom. The number of rotatable bonds is 8. The fraction of sp³-hybridized carbons (Fsp3) is 0.667. The molecule has 0 aromatic heterocycles. The Hall–Kier alpha value is -1.99. The summed E-state index contributed by atoms with van der Waals surface area (Å²) in [5.74, 6) is 1.90. The molecule has 2 aliphatic heterocycles. The van der Waals surface area contributed by atoms with Crippen molar-refractivity contribution in [3.05, 3.63) is 24.3 Å². The van der Waals surface area contributed by atoms with Crippen LogP contribution in [-0.2, 0) is 9.47 Å². The van der Waals surface area contributed by atoms with Gasteiger partial charge in [0.2, 0.25) is 0 Å². The minimum atomic E-state index is 0.306. The van der Waals surface area contributed by atoms with E-state index in [0.29, 0.717) is 6.10 Å². The zero-order valence-corrected chi connectivity index (χ0v) is 17.2. The lowest BCUT2D eigenvalue weighted by molar-refractivity contribution is 0.0168. The SMILES string of the molecule is CN=C(NCCCOCC1CCCO1)N1CCN(c2ccccc2OC)CC1. The van der Waals surface area contributed by atoms with Crippen molar-refractivity contribution in [3.8, 4) is 5.75 Å². The number of piperazine rings is 1. The monoisotopic (exact) mass is 390 g/mol. The average Bonchev–Trinajstić information content (AvgIpc) is 3.27. The van der Waals surface area contributed by atoms with E-state index < -0.39 is 0 Å². The van der Waals surface area contributed by atoms with E-state index in [2.05, 4.69) is 32.2 Å². The molecule has 2 fully saturated rings. The van der Waals surface area contributed by atoms with E-state index in [-0.39, 0.29) is 0 Å². The number of methoxy groups -OCH3 is 1. The number of anilines is 1. The van der Waals surface area contributed by atoms with Crippen LogP contribution in [0.25, 0.3) is 0 Å². The molecule has 7 heteroatoms. The van der Waals surface area contributed by atoms with Crippen molar-refractivity contribution in [3.63, 3.8) is 0 Å². The first-order valence-corrected chi connectivity index (χ1v) is 10.3. The summed E-state index contributed by atoms with van der Waals surface area (Å²) in [6.07, 6.45) is 3.56. The zero-order chi connectivity index (χ0) is 19.6. The molecule has 0 bridgehead atoms. The van der Waals surface area contributed by atoms with Crippen molar-refractivity contribution in [2.75, 3.05) is 71.6 Å². The summed E-state index contributed by atoms with van der Waals surface area (Å²) in [7, 11) is 3.58. The van der Waals surface area contributed by atoms with Gasteiger partial charge >= 0.3 is 0 Å². The van der Waals surface area contributed by atoms with Crippen LogP contribution in [0.5, 0.6) is 5.75 Å². The Labute approximate surface area is 168 Å². The summed E-state index contributed by atoms with van der Waals surface area (Å²) in [4.78, 5) is 9.15. The summed E-state index contributed by atoms with van der Waals surface area (Å²) in [6, 6.07) is 8.21. The molecule has 1 N–H and O–H groups in total. The lowest BCUT2D eigenvalue weighted by atomic mass is 10.2. The molecule has 0 radical (unpaired) electrons. The fourth-order valence-electron chi connectivity index (χ4n) is 3.75. The van der Waals surface area contributed by atoms with Crippen LogP contribution in [-0.4, -0.2) is 83.7 Å². The van der Waals surface area contributed by atoms with Gasteiger partial charge in [0.25, 0.3) is 0 Å². The molecule has 2 heterocycles. The van der Waals surface area contributed by atoms with Gasteiger partial charge in [0.15, 0.2) is 5.96 Å². The predicted molar refractivity (Wildman–Crippen MR) is 113 cm³/mol. The van der Waals surface area contributed by atoms with Crippen LogP contribution in [0.15, 0.2) is 29.3 Å². The Kier molecular flexibility index (Phi) is 8.23. The quantitative estimate of drug-likeness (QED) is 0.416. The van der Waals surface area contributed by atoms with Crippen molar-refractivity contribution in [1.82, 2.24) is 10.2 Å². The minimum absolute atomic E-state index is 0.306. The first kappa shape index (κ1) is 20.7. The highest BCUT2D eigenvalue weighted by Crippen LogP contribution is 2.28. The van der Waals surface area contributed by atoms with Gasteiger partial charge in [-0.3, -0.25) is 4.99 Å². The number of hydrogen-bond donors (Lipinski definition) is 1. The minimum Gasteiger partial charge on any atom is -0.495 e. The van der Waals surface area contributed by atoms with Crippen LogP contribution in [0.4, 0.5) is 5.69 Å². The highest BCUT2D eigenvalue weighted by Gasteiger charge is 2.21. The topological polar surface area (TPSA) is 58.6 Å². The van der Waals surface area contributed by atoms with Crippen molar-refractivity contribution in [1.29, 1.82) is 0 Å². The molecule has 1 aromatic carbocycles. The van der Waals surface area contributed by atoms with Crippen molar-refractivity contribution < 1.29 is 14.2 Å². The van der Waals surface area contributed by atoms with Crippen LogP contribution >= 0.6 is 0 Å². The van der Waals surface area contributed by atoms with E-state index in [4.69, 9.17) is 14.2 Å². The van der Waals surface area contributed by atoms with Gasteiger partial charge in [0.1, 0.15) is 5.75 Å². The van der Waals surface area contributed by atoms with Crippen LogP contribution in [0.2, 0.25) is 0 Å². The van der Waals surface area contributed by atoms with Crippen LogP contribution in [0.3, 0.4) is 0 Å². The Morgan fingerprint density at radius 3 is 2.79 bits per heavy atom. The summed E-state index contributed by atoms with van der Waals surface area (Å²) >= 11 is 0. The molecule has 0 saturated carbocycles. The van der Waals surface area contributed by atoms with E-state index in [9.17, 15) is 0 Å². The van der Waals surface area contributed by atoms with Gasteiger partial charge in [-0.1, -0.05) is 12.1 Å². The lowest BCUT2D eigenvalue weighted by Gasteiger charge is -2.38. The zero-order valence-electron chi connectivity index (χ0n) is 17.2. The largest absolute Gasteiger partial charge is 0.495 e. The molecular formula is C21H34N4O3. The number of hydrogen-bond acceptors (Lipinski definition) is 5. The molecule has 2 aliphatic rings. The van der Waals surface area contributed by atoms with E-state index in [0.717, 1.165) is 89.2 Å². The number of benzene rings is 1. The van der Waals surface area contributed by atoms with Gasteiger partial charge in [-0.25, -0.2) is 0 Å². The molecule has 1 aromatic rings. The maximum absolute atomic E-state index is 5.73. The number of nitrogens with one attached hydrogen (secondary N) is 1. The van der Waals surface area contributed by atoms with Gasteiger partial charge < -0.3 is 29.3 Å². The van der Waals surface area contributed by atoms with Gasteiger partial charge in [-0.05, 0) is 31.4 Å². The molecule has 0 amide bonds. The summed E-state index contributed by atoms with van der Waals surface area (Å²) < 4.78 is 16.8. The molecule has 1 unspecified atom stereocenters. The van der Waals surface area contributed by atoms with Gasteiger partial charge in [0.05, 0.1) is 25.5 Å². The highest BCUT2D eigenvalue weighted by atomic mass is 16.5. The number of nitrogens with zero attached hydrogens (tertiary/aromatic N) is 3. The van der Waals surface area contributed by atoms with E-state index >= 15 is 0 Å². The second-order valence-corrected chi connectivity index (χ2v) is 7.18. The second-order valence-electron chi connectivity index (χ2n) is 7.18. The molecular weight excluding hydrogens is 356 g/mol. The van der Waals surface area contributed by atoms with Gasteiger partial charge in [-0.15, -0.1) is 0 Å². The van der Waals surface area contributed by atoms with E-state index in [1.807, 2.05) is 19.2 Å². The number of ether oxygens (including phenoxy) is 3. The summed E-state index contributed by atoms with van der Waals surface area (Å²) in [5.41, 5.74) is 1.16. The highest BCUT2D eigenvalue weighted by molar-refractivity contribution is 5.80. The van der Waals surface area contributed by atoms with Crippen molar-refractivity contribution >= 4 is 11.6 Å². The summed E-state index contributed by atoms with van der Waals surface area (Å²) in [5, 5.41) is 3.47. The Balaban J connectivity index is 1.35. The molecule has 0 spiro atoms. The first-order valence-electron chi connectivity index (χ1n) is 10.3. The maximum atomic E-state index is 5.73. The smallest absolute Gasteiger partial charge is 0.193 e. The maximum Gasteiger partial charge on any atom is 0.193 e. The van der Waals surface area contributed by atoms with Crippen LogP contribution < -0.4 is 15.0 Å². The van der Waals surface area contributed by atoms with Crippen LogP contribution in [0, 0.1) is 0 Å². The molecule has 1 atom stereocenters. The number of guanidine groups is 1. The van der Waals surface area contributed by atoms with E-state index in [1.165, 1.54) is 0 Å². The Morgan fingerprint density at radius 1 is 1.25 bits per heavy atom. The van der Waals surface area contributed by atoms with Gasteiger partial charge in [-0.2, -0.15) is 0 Å². The standard InChI is InChI=1S/C21H34N4O3/c1-22-21(23-10-6-15-27-17-18-7-5-16-28-18)25-13-11-24(12-14-25)19-8-3-4-9-20(19)26-2/h3-4,8-9,18H,5-7,10-17H2,1-2H3,(H,22,23). The molecule has 2 saturated heterocycles. The number of para-hydroxylation sites is 2. The predicted octanol–water partition coefficient (Wildman–Crippen LogP) is 1.98. The number of aliphatic imine (C=N–C) groups is 1. The molecule has 0 aliphatic carbocycles. The summed E-state index contributed by atoms with van der Waals surface area (Å²) in [6.45, 7) is 7.00. The average molecular weight is 391 g/mol. The molecule has 156 valence electrons. The van der Waals surface area contributed by atoms with Gasteiger partial charge in [0, 0.05) is 53.0 Å². The normalized spacial score (nSPS) is 20.5. The third-order valence-corrected chi connectivity index (χ3v) is 5.29. The fourth-order valence-corrected chi connectivity index (χ4v) is 3.75. The lowest BCUT2D eigenvalue weighted by Crippen LogP contribution is -2.52.